The van der Waals surface area contributed by atoms with Crippen LogP contribution in [0.3, 0.4) is 0 Å². The van der Waals surface area contributed by atoms with Gasteiger partial charge in [-0.15, -0.1) is 12.4 Å². The fraction of sp³-hybridized carbons (Fsp3) is 0.348. The standard InChI is InChI=1S/C23H24ClFN2O5.ClH/c1-11(26)22(30)31-20-19(27-21(29)14-5-7-17(25)16(24)10-14)15-9-13(12(2)28)6-8-18(15)32-23(20,3)4;/h5-11,19-20H,26H2,1-4H3,(H,27,29);1H/t11-,19-,20-;/m0./s1. The molecule has 2 aromatic rings. The summed E-state index contributed by atoms with van der Waals surface area (Å²) in [7, 11) is 0. The number of halogens is 3. The van der Waals surface area contributed by atoms with E-state index in [1.165, 1.54) is 26.0 Å². The third-order valence-corrected chi connectivity index (χ3v) is 5.49. The summed E-state index contributed by atoms with van der Waals surface area (Å²) in [4.78, 5) is 37.3. The van der Waals surface area contributed by atoms with Crippen LogP contribution in [-0.4, -0.2) is 35.4 Å². The average molecular weight is 499 g/mol. The van der Waals surface area contributed by atoms with Crippen molar-refractivity contribution in [2.24, 2.45) is 5.73 Å². The number of nitrogens with one attached hydrogen (secondary N) is 1. The van der Waals surface area contributed by atoms with Crippen molar-refractivity contribution in [3.8, 4) is 5.75 Å². The SMILES string of the molecule is CC(=O)c1ccc2c(c1)[C@H](NC(=O)c1ccc(F)c(Cl)c1)[C@H](OC(=O)[C@H](C)N)C(C)(C)O2.Cl. The van der Waals surface area contributed by atoms with E-state index in [0.29, 0.717) is 16.9 Å². The first-order valence-electron chi connectivity index (χ1n) is 9.96. The van der Waals surface area contributed by atoms with Crippen molar-refractivity contribution in [2.45, 2.75) is 51.5 Å². The zero-order valence-electron chi connectivity index (χ0n) is 18.5. The number of amides is 1. The Morgan fingerprint density at radius 3 is 2.39 bits per heavy atom. The smallest absolute Gasteiger partial charge is 0.323 e. The second-order valence-corrected chi connectivity index (χ2v) is 8.65. The van der Waals surface area contributed by atoms with E-state index in [-0.39, 0.29) is 28.8 Å². The van der Waals surface area contributed by atoms with Gasteiger partial charge in [0, 0.05) is 16.7 Å². The quantitative estimate of drug-likeness (QED) is 0.476. The van der Waals surface area contributed by atoms with Crippen molar-refractivity contribution in [3.63, 3.8) is 0 Å². The Kier molecular flexibility index (Phi) is 8.11. The summed E-state index contributed by atoms with van der Waals surface area (Å²) in [6.07, 6.45) is -0.976. The van der Waals surface area contributed by atoms with Gasteiger partial charge in [0.2, 0.25) is 0 Å². The molecule has 7 nitrogen and oxygen atoms in total. The van der Waals surface area contributed by atoms with E-state index in [2.05, 4.69) is 5.32 Å². The third-order valence-electron chi connectivity index (χ3n) is 5.20. The lowest BCUT2D eigenvalue weighted by Crippen LogP contribution is -2.56. The van der Waals surface area contributed by atoms with Gasteiger partial charge >= 0.3 is 5.97 Å². The highest BCUT2D eigenvalue weighted by molar-refractivity contribution is 6.31. The van der Waals surface area contributed by atoms with Gasteiger partial charge in [-0.25, -0.2) is 4.39 Å². The first kappa shape index (κ1) is 26.6. The molecule has 0 unspecified atom stereocenters. The van der Waals surface area contributed by atoms with Crippen molar-refractivity contribution in [2.75, 3.05) is 0 Å². The molecule has 1 heterocycles. The molecule has 0 aromatic heterocycles. The minimum absolute atomic E-state index is 0. The van der Waals surface area contributed by atoms with Crippen molar-refractivity contribution < 1.29 is 28.2 Å². The number of hydrogen-bond acceptors (Lipinski definition) is 6. The molecule has 0 saturated heterocycles. The molecule has 0 saturated carbocycles. The maximum absolute atomic E-state index is 13.5. The predicted molar refractivity (Wildman–Crippen MR) is 124 cm³/mol. The highest BCUT2D eigenvalue weighted by Gasteiger charge is 2.47. The maximum Gasteiger partial charge on any atom is 0.323 e. The number of fused-ring (bicyclic) bond motifs is 1. The molecule has 0 spiro atoms. The van der Waals surface area contributed by atoms with Crippen LogP contribution in [0.4, 0.5) is 4.39 Å². The Hall–Kier alpha value is -2.68. The molecule has 3 N–H and O–H groups in total. The van der Waals surface area contributed by atoms with Gasteiger partial charge in [-0.05, 0) is 64.1 Å². The predicted octanol–water partition coefficient (Wildman–Crippen LogP) is 4.00. The molecule has 0 aliphatic carbocycles. The summed E-state index contributed by atoms with van der Waals surface area (Å²) in [6, 6.07) is 6.62. The molecular formula is C23H25Cl2FN2O5. The van der Waals surface area contributed by atoms with Crippen LogP contribution >= 0.6 is 24.0 Å². The van der Waals surface area contributed by atoms with E-state index in [4.69, 9.17) is 26.8 Å². The summed E-state index contributed by atoms with van der Waals surface area (Å²) in [5.41, 5.74) is 5.59. The summed E-state index contributed by atoms with van der Waals surface area (Å²) in [5.74, 6) is -1.67. The average Bonchev–Trinajstić information content (AvgIpc) is 2.71. The van der Waals surface area contributed by atoms with Crippen molar-refractivity contribution >= 4 is 41.7 Å². The molecule has 2 aromatic carbocycles. The van der Waals surface area contributed by atoms with Gasteiger partial charge in [-0.2, -0.15) is 0 Å². The minimum Gasteiger partial charge on any atom is -0.484 e. The lowest BCUT2D eigenvalue weighted by molar-refractivity contribution is -0.166. The number of rotatable bonds is 5. The van der Waals surface area contributed by atoms with Crippen LogP contribution in [0.25, 0.3) is 0 Å². The van der Waals surface area contributed by atoms with Gasteiger partial charge in [0.1, 0.15) is 23.2 Å². The first-order valence-corrected chi connectivity index (χ1v) is 10.3. The summed E-state index contributed by atoms with van der Waals surface area (Å²) in [6.45, 7) is 6.32. The molecule has 3 atom stereocenters. The van der Waals surface area contributed by atoms with Gasteiger partial charge in [-0.3, -0.25) is 14.4 Å². The van der Waals surface area contributed by atoms with E-state index < -0.39 is 41.5 Å². The van der Waals surface area contributed by atoms with Crippen LogP contribution in [0.15, 0.2) is 36.4 Å². The van der Waals surface area contributed by atoms with Gasteiger partial charge in [0.25, 0.3) is 5.91 Å². The van der Waals surface area contributed by atoms with E-state index in [1.807, 2.05) is 0 Å². The van der Waals surface area contributed by atoms with E-state index in [0.717, 1.165) is 6.07 Å². The molecule has 1 aliphatic heterocycles. The fourth-order valence-corrected chi connectivity index (χ4v) is 3.65. The molecule has 0 fully saturated rings. The van der Waals surface area contributed by atoms with Crippen LogP contribution in [0.5, 0.6) is 5.75 Å². The molecule has 10 heteroatoms. The first-order chi connectivity index (χ1) is 14.9. The zero-order chi connectivity index (χ0) is 23.8. The van der Waals surface area contributed by atoms with Gasteiger partial charge in [0.05, 0.1) is 11.1 Å². The van der Waals surface area contributed by atoms with E-state index in [9.17, 15) is 18.8 Å². The summed E-state index contributed by atoms with van der Waals surface area (Å²) >= 11 is 5.82. The minimum atomic E-state index is -1.05. The zero-order valence-corrected chi connectivity index (χ0v) is 20.1. The van der Waals surface area contributed by atoms with Crippen LogP contribution < -0.4 is 15.8 Å². The summed E-state index contributed by atoms with van der Waals surface area (Å²) in [5, 5.41) is 2.62. The number of hydrogen-bond donors (Lipinski definition) is 2. The van der Waals surface area contributed by atoms with Crippen molar-refractivity contribution in [1.82, 2.24) is 5.32 Å². The van der Waals surface area contributed by atoms with Crippen LogP contribution in [-0.2, 0) is 9.53 Å². The van der Waals surface area contributed by atoms with E-state index in [1.54, 1.807) is 32.0 Å². The Morgan fingerprint density at radius 2 is 1.82 bits per heavy atom. The largest absolute Gasteiger partial charge is 0.484 e. The Morgan fingerprint density at radius 1 is 1.18 bits per heavy atom. The Balaban J connectivity index is 0.00000385. The highest BCUT2D eigenvalue weighted by atomic mass is 35.5. The number of ether oxygens (including phenoxy) is 2. The topological polar surface area (TPSA) is 108 Å². The third kappa shape index (κ3) is 5.63. The molecular weight excluding hydrogens is 474 g/mol. The number of ketones is 1. The molecule has 178 valence electrons. The number of carbonyl (C=O) groups excluding carboxylic acids is 3. The second-order valence-electron chi connectivity index (χ2n) is 8.24. The van der Waals surface area contributed by atoms with Crippen molar-refractivity contribution in [3.05, 3.63) is 63.9 Å². The van der Waals surface area contributed by atoms with Gasteiger partial charge in [0.15, 0.2) is 11.9 Å². The van der Waals surface area contributed by atoms with E-state index >= 15 is 0 Å². The van der Waals surface area contributed by atoms with Crippen LogP contribution in [0, 0.1) is 5.82 Å². The highest BCUT2D eigenvalue weighted by Crippen LogP contribution is 2.42. The molecule has 1 amide bonds. The Bertz CT molecular complexity index is 1090. The fourth-order valence-electron chi connectivity index (χ4n) is 3.47. The lowest BCUT2D eigenvalue weighted by atomic mass is 9.85. The second kappa shape index (κ2) is 10.1. The lowest BCUT2D eigenvalue weighted by Gasteiger charge is -2.44. The number of esters is 1. The molecule has 3 rings (SSSR count). The van der Waals surface area contributed by atoms with Crippen LogP contribution in [0.2, 0.25) is 5.02 Å². The number of nitrogens with two attached hydrogens (primary N) is 1. The Labute approximate surface area is 202 Å². The van der Waals surface area contributed by atoms with Gasteiger partial charge in [-0.1, -0.05) is 11.6 Å². The monoisotopic (exact) mass is 498 g/mol. The number of carbonyl (C=O) groups is 3. The van der Waals surface area contributed by atoms with Gasteiger partial charge < -0.3 is 20.5 Å². The summed E-state index contributed by atoms with van der Waals surface area (Å²) < 4.78 is 25.2. The molecule has 1 aliphatic rings. The molecule has 0 bridgehead atoms. The molecule has 33 heavy (non-hydrogen) atoms. The number of benzene rings is 2. The normalized spacial score (nSPS) is 19.2. The number of Topliss-reactive ketones (excluding diaryl/α,β-unsaturated/α-hetero) is 1. The maximum atomic E-state index is 13.5. The van der Waals surface area contributed by atoms with Crippen LogP contribution in [0.1, 0.15) is 60.0 Å². The van der Waals surface area contributed by atoms with Crippen molar-refractivity contribution in [1.29, 1.82) is 0 Å². The molecule has 0 radical (unpaired) electrons.